The molecule has 1 fully saturated rings. The van der Waals surface area contributed by atoms with Gasteiger partial charge in [0.15, 0.2) is 0 Å². The van der Waals surface area contributed by atoms with Crippen LogP contribution in [0.5, 0.6) is 11.5 Å². The predicted molar refractivity (Wildman–Crippen MR) is 70.9 cm³/mol. The number of carbonyl (C=O) groups excluding carboxylic acids is 2. The maximum Gasteiger partial charge on any atom is 0.227 e. The fourth-order valence-corrected chi connectivity index (χ4v) is 2.25. The van der Waals surface area contributed by atoms with Crippen LogP contribution in [0.4, 0.5) is 5.69 Å². The molecule has 0 spiro atoms. The number of anilines is 1. The molecular formula is C13H14ClNO4. The van der Waals surface area contributed by atoms with Crippen LogP contribution in [-0.4, -0.2) is 31.9 Å². The number of benzene rings is 1. The van der Waals surface area contributed by atoms with Crippen LogP contribution >= 0.6 is 11.6 Å². The molecule has 1 heterocycles. The molecule has 5 nitrogen and oxygen atoms in total. The Bertz CT molecular complexity index is 517. The van der Waals surface area contributed by atoms with E-state index < -0.39 is 11.2 Å². The normalized spacial score (nSPS) is 18.6. The van der Waals surface area contributed by atoms with Crippen LogP contribution in [0.3, 0.4) is 0 Å². The van der Waals surface area contributed by atoms with Gasteiger partial charge >= 0.3 is 0 Å². The van der Waals surface area contributed by atoms with Gasteiger partial charge in [0.05, 0.1) is 25.8 Å². The largest absolute Gasteiger partial charge is 0.497 e. The number of rotatable bonds is 4. The summed E-state index contributed by atoms with van der Waals surface area (Å²) >= 11 is 5.45. The average Bonchev–Trinajstić information content (AvgIpc) is 2.80. The number of amides is 1. The van der Waals surface area contributed by atoms with Gasteiger partial charge in [-0.25, -0.2) is 0 Å². The van der Waals surface area contributed by atoms with E-state index in [1.165, 1.54) is 12.0 Å². The molecule has 0 aliphatic carbocycles. The number of ether oxygens (including phenoxy) is 2. The minimum Gasteiger partial charge on any atom is -0.497 e. The molecule has 1 amide bonds. The van der Waals surface area contributed by atoms with Crippen molar-refractivity contribution in [3.63, 3.8) is 0 Å². The summed E-state index contributed by atoms with van der Waals surface area (Å²) in [6, 6.07) is 5.16. The van der Waals surface area contributed by atoms with Gasteiger partial charge in [-0.15, -0.1) is 0 Å². The molecule has 0 N–H and O–H groups in total. The number of halogens is 1. The van der Waals surface area contributed by atoms with E-state index in [9.17, 15) is 9.59 Å². The molecule has 0 saturated carbocycles. The van der Waals surface area contributed by atoms with Crippen LogP contribution < -0.4 is 14.4 Å². The van der Waals surface area contributed by atoms with Gasteiger partial charge < -0.3 is 14.4 Å². The number of nitrogens with zero attached hydrogens (tertiary/aromatic N) is 1. The van der Waals surface area contributed by atoms with Crippen molar-refractivity contribution in [2.75, 3.05) is 25.7 Å². The maximum absolute atomic E-state index is 11.9. The summed E-state index contributed by atoms with van der Waals surface area (Å²) in [5.41, 5.74) is 0.619. The van der Waals surface area contributed by atoms with Crippen molar-refractivity contribution in [1.82, 2.24) is 0 Å². The van der Waals surface area contributed by atoms with Crippen molar-refractivity contribution in [2.24, 2.45) is 5.92 Å². The molecule has 0 radical (unpaired) electrons. The molecule has 1 aromatic carbocycles. The van der Waals surface area contributed by atoms with E-state index in [0.29, 0.717) is 17.2 Å². The molecule has 1 atom stereocenters. The zero-order valence-electron chi connectivity index (χ0n) is 10.7. The van der Waals surface area contributed by atoms with Gasteiger partial charge in [-0.2, -0.15) is 0 Å². The smallest absolute Gasteiger partial charge is 0.227 e. The Hall–Kier alpha value is -1.75. The summed E-state index contributed by atoms with van der Waals surface area (Å²) < 4.78 is 10.4. The first-order valence-corrected chi connectivity index (χ1v) is 6.16. The number of hydrogen-bond donors (Lipinski definition) is 0. The lowest BCUT2D eigenvalue weighted by atomic mass is 10.1. The van der Waals surface area contributed by atoms with Gasteiger partial charge in [0.1, 0.15) is 11.5 Å². The predicted octanol–water partition coefficient (Wildman–Crippen LogP) is 1.82. The Morgan fingerprint density at radius 3 is 2.63 bits per heavy atom. The standard InChI is InChI=1S/C13H14ClNO4/c1-18-9-3-4-10(11(6-9)19-2)15-7-8(13(14)17)5-12(15)16/h3-4,6,8H,5,7H2,1-2H3. The van der Waals surface area contributed by atoms with E-state index in [-0.39, 0.29) is 18.9 Å². The van der Waals surface area contributed by atoms with Crippen LogP contribution in [0.1, 0.15) is 6.42 Å². The SMILES string of the molecule is COc1ccc(N2CC(C(=O)Cl)CC2=O)c(OC)c1. The van der Waals surface area contributed by atoms with E-state index in [1.54, 1.807) is 25.3 Å². The lowest BCUT2D eigenvalue weighted by molar-refractivity contribution is -0.120. The van der Waals surface area contributed by atoms with Gasteiger partial charge in [0.25, 0.3) is 0 Å². The van der Waals surface area contributed by atoms with Crippen molar-refractivity contribution in [1.29, 1.82) is 0 Å². The van der Waals surface area contributed by atoms with Gasteiger partial charge in [-0.1, -0.05) is 0 Å². The van der Waals surface area contributed by atoms with E-state index in [1.807, 2.05) is 0 Å². The molecule has 1 aliphatic heterocycles. The summed E-state index contributed by atoms with van der Waals surface area (Å²) in [5, 5.41) is -0.483. The van der Waals surface area contributed by atoms with E-state index in [2.05, 4.69) is 0 Å². The quantitative estimate of drug-likeness (QED) is 0.791. The highest BCUT2D eigenvalue weighted by molar-refractivity contribution is 6.64. The van der Waals surface area contributed by atoms with Crippen molar-refractivity contribution < 1.29 is 19.1 Å². The lowest BCUT2D eigenvalue weighted by Gasteiger charge is -2.19. The number of hydrogen-bond acceptors (Lipinski definition) is 4. The van der Waals surface area contributed by atoms with Gasteiger partial charge in [0, 0.05) is 19.0 Å². The molecule has 1 aromatic rings. The van der Waals surface area contributed by atoms with E-state index in [0.717, 1.165) is 0 Å². The van der Waals surface area contributed by atoms with Crippen LogP contribution in [0, 0.1) is 5.92 Å². The molecule has 1 unspecified atom stereocenters. The highest BCUT2D eigenvalue weighted by Crippen LogP contribution is 2.36. The molecule has 102 valence electrons. The van der Waals surface area contributed by atoms with E-state index >= 15 is 0 Å². The Kier molecular flexibility index (Phi) is 3.95. The zero-order chi connectivity index (χ0) is 14.0. The second kappa shape index (κ2) is 5.48. The molecule has 19 heavy (non-hydrogen) atoms. The van der Waals surface area contributed by atoms with E-state index in [4.69, 9.17) is 21.1 Å². The topological polar surface area (TPSA) is 55.8 Å². The third kappa shape index (κ3) is 2.66. The van der Waals surface area contributed by atoms with Crippen molar-refractivity contribution in [3.8, 4) is 11.5 Å². The van der Waals surface area contributed by atoms with Gasteiger partial charge in [0.2, 0.25) is 11.1 Å². The summed E-state index contributed by atoms with van der Waals surface area (Å²) in [4.78, 5) is 24.6. The summed E-state index contributed by atoms with van der Waals surface area (Å²) in [5.74, 6) is 0.566. The Morgan fingerprint density at radius 1 is 1.37 bits per heavy atom. The maximum atomic E-state index is 11.9. The average molecular weight is 284 g/mol. The highest BCUT2D eigenvalue weighted by Gasteiger charge is 2.35. The van der Waals surface area contributed by atoms with Crippen LogP contribution in [0.25, 0.3) is 0 Å². The third-order valence-electron chi connectivity index (χ3n) is 3.12. The molecule has 0 aromatic heterocycles. The first-order valence-electron chi connectivity index (χ1n) is 5.78. The zero-order valence-corrected chi connectivity index (χ0v) is 11.4. The summed E-state index contributed by atoms with van der Waals surface area (Å²) in [6.07, 6.45) is 0.136. The van der Waals surface area contributed by atoms with Crippen molar-refractivity contribution in [2.45, 2.75) is 6.42 Å². The number of methoxy groups -OCH3 is 2. The first-order chi connectivity index (χ1) is 9.06. The molecule has 1 saturated heterocycles. The summed E-state index contributed by atoms with van der Waals surface area (Å²) in [6.45, 7) is 0.282. The van der Waals surface area contributed by atoms with Crippen LogP contribution in [-0.2, 0) is 9.59 Å². The number of carbonyl (C=O) groups is 2. The Balaban J connectivity index is 2.31. The molecular weight excluding hydrogens is 270 g/mol. The Morgan fingerprint density at radius 2 is 2.11 bits per heavy atom. The van der Waals surface area contributed by atoms with Gasteiger partial charge in [-0.05, 0) is 23.7 Å². The second-order valence-electron chi connectivity index (χ2n) is 4.25. The fraction of sp³-hybridized carbons (Fsp3) is 0.385. The monoisotopic (exact) mass is 283 g/mol. The Labute approximate surface area is 116 Å². The molecule has 1 aliphatic rings. The van der Waals surface area contributed by atoms with Crippen LogP contribution in [0.15, 0.2) is 18.2 Å². The van der Waals surface area contributed by atoms with Gasteiger partial charge in [-0.3, -0.25) is 9.59 Å². The molecule has 2 rings (SSSR count). The fourth-order valence-electron chi connectivity index (χ4n) is 2.10. The third-order valence-corrected chi connectivity index (χ3v) is 3.43. The lowest BCUT2D eigenvalue weighted by Crippen LogP contribution is -2.25. The molecule has 6 heteroatoms. The minimum atomic E-state index is -0.483. The molecule has 0 bridgehead atoms. The van der Waals surface area contributed by atoms with Crippen molar-refractivity contribution in [3.05, 3.63) is 18.2 Å². The summed E-state index contributed by atoms with van der Waals surface area (Å²) in [7, 11) is 3.07. The second-order valence-corrected chi connectivity index (χ2v) is 4.62. The van der Waals surface area contributed by atoms with Crippen LogP contribution in [0.2, 0.25) is 0 Å². The highest BCUT2D eigenvalue weighted by atomic mass is 35.5. The first kappa shape index (κ1) is 13.7. The minimum absolute atomic E-state index is 0.136. The van der Waals surface area contributed by atoms with Crippen molar-refractivity contribution >= 4 is 28.4 Å².